The number of imide groups is 1. The van der Waals surface area contributed by atoms with Gasteiger partial charge in [-0.2, -0.15) is 0 Å². The fourth-order valence-corrected chi connectivity index (χ4v) is 1.71. The number of nitrogens with zero attached hydrogens (tertiary/aromatic N) is 1. The molecule has 1 unspecified atom stereocenters. The van der Waals surface area contributed by atoms with Gasteiger partial charge in [0, 0.05) is 6.54 Å². The molecule has 3 amide bonds. The quantitative estimate of drug-likeness (QED) is 0.739. The number of likely N-dealkylation sites (N-methyl/N-ethyl adjacent to an activating group) is 1. The molecule has 1 aliphatic heterocycles. The molecule has 1 saturated heterocycles. The molecule has 1 aromatic heterocycles. The highest BCUT2D eigenvalue weighted by atomic mass is 16.3. The summed E-state index contributed by atoms with van der Waals surface area (Å²) in [6.07, 6.45) is 1.48. The molecule has 0 spiro atoms. The average Bonchev–Trinajstić information content (AvgIpc) is 2.76. The van der Waals surface area contributed by atoms with Crippen molar-refractivity contribution in [2.45, 2.75) is 19.4 Å². The number of rotatable bonds is 2. The van der Waals surface area contributed by atoms with Crippen LogP contribution in [0, 0.1) is 0 Å². The largest absolute Gasteiger partial charge is 0.466 e. The van der Waals surface area contributed by atoms with E-state index in [9.17, 15) is 9.59 Å². The maximum Gasteiger partial charge on any atom is 0.325 e. The molecular weight excluding hydrogens is 196 g/mol. The van der Waals surface area contributed by atoms with E-state index in [-0.39, 0.29) is 11.9 Å². The molecule has 1 fully saturated rings. The Balaban J connectivity index is 2.40. The number of nitrogens with one attached hydrogen (secondary N) is 1. The van der Waals surface area contributed by atoms with E-state index >= 15 is 0 Å². The van der Waals surface area contributed by atoms with Crippen LogP contribution in [0.25, 0.3) is 0 Å². The summed E-state index contributed by atoms with van der Waals surface area (Å²) in [5.74, 6) is 0.182. The topological polar surface area (TPSA) is 62.6 Å². The smallest absolute Gasteiger partial charge is 0.325 e. The van der Waals surface area contributed by atoms with Crippen molar-refractivity contribution in [2.24, 2.45) is 0 Å². The molecule has 5 nitrogen and oxygen atoms in total. The minimum absolute atomic E-state index is 0.273. The highest BCUT2D eigenvalue weighted by Crippen LogP contribution is 2.28. The van der Waals surface area contributed by atoms with Gasteiger partial charge < -0.3 is 9.73 Å². The van der Waals surface area contributed by atoms with E-state index in [1.165, 1.54) is 11.2 Å². The number of carbonyl (C=O) groups is 2. The maximum atomic E-state index is 11.9. The van der Waals surface area contributed by atoms with E-state index in [0.29, 0.717) is 12.3 Å². The first-order valence-corrected chi connectivity index (χ1v) is 4.77. The first-order valence-electron chi connectivity index (χ1n) is 4.77. The van der Waals surface area contributed by atoms with Crippen LogP contribution in [0.5, 0.6) is 0 Å². The van der Waals surface area contributed by atoms with E-state index in [0.717, 1.165) is 0 Å². The van der Waals surface area contributed by atoms with Crippen molar-refractivity contribution in [3.63, 3.8) is 0 Å². The standard InChI is InChI=1S/C10H12N2O3/c1-3-12-8(13)10(2,11-9(12)14)7-5-4-6-15-7/h4-6H,3H2,1-2H3,(H,11,14). The third-order valence-corrected chi connectivity index (χ3v) is 2.61. The third-order valence-electron chi connectivity index (χ3n) is 2.61. The lowest BCUT2D eigenvalue weighted by molar-refractivity contribution is -0.131. The zero-order valence-corrected chi connectivity index (χ0v) is 8.61. The van der Waals surface area contributed by atoms with Crippen molar-refractivity contribution < 1.29 is 14.0 Å². The Morgan fingerprint density at radius 2 is 2.27 bits per heavy atom. The van der Waals surface area contributed by atoms with Crippen LogP contribution in [0.1, 0.15) is 19.6 Å². The normalized spacial score (nSPS) is 25.9. The van der Waals surface area contributed by atoms with Crippen LogP contribution < -0.4 is 5.32 Å². The summed E-state index contributed by atoms with van der Waals surface area (Å²) in [4.78, 5) is 24.6. The molecular formula is C10H12N2O3. The Morgan fingerprint density at radius 3 is 2.73 bits per heavy atom. The number of urea groups is 1. The van der Waals surface area contributed by atoms with Crippen LogP contribution in [0.15, 0.2) is 22.8 Å². The monoisotopic (exact) mass is 208 g/mol. The SMILES string of the molecule is CCN1C(=O)NC(C)(c2ccco2)C1=O. The van der Waals surface area contributed by atoms with Crippen LogP contribution in [-0.4, -0.2) is 23.4 Å². The summed E-state index contributed by atoms with van der Waals surface area (Å²) >= 11 is 0. The molecule has 15 heavy (non-hydrogen) atoms. The van der Waals surface area contributed by atoms with Crippen LogP contribution in [0.3, 0.4) is 0 Å². The van der Waals surface area contributed by atoms with Gasteiger partial charge in [-0.25, -0.2) is 4.79 Å². The van der Waals surface area contributed by atoms with Crippen LogP contribution in [0.4, 0.5) is 4.79 Å². The second-order valence-corrected chi connectivity index (χ2v) is 3.58. The first kappa shape index (κ1) is 9.76. The Kier molecular flexibility index (Phi) is 2.03. The number of hydrogen-bond acceptors (Lipinski definition) is 3. The molecule has 1 N–H and O–H groups in total. The summed E-state index contributed by atoms with van der Waals surface area (Å²) in [5, 5.41) is 2.63. The molecule has 0 aliphatic carbocycles. The summed E-state index contributed by atoms with van der Waals surface area (Å²) in [5.41, 5.74) is -1.06. The zero-order chi connectivity index (χ0) is 11.1. The van der Waals surface area contributed by atoms with Crippen molar-refractivity contribution in [1.29, 1.82) is 0 Å². The van der Waals surface area contributed by atoms with E-state index in [2.05, 4.69) is 5.32 Å². The molecule has 1 aromatic rings. The van der Waals surface area contributed by atoms with Gasteiger partial charge in [-0.05, 0) is 26.0 Å². The van der Waals surface area contributed by atoms with Crippen molar-refractivity contribution in [1.82, 2.24) is 10.2 Å². The van der Waals surface area contributed by atoms with Gasteiger partial charge in [-0.1, -0.05) is 0 Å². The summed E-state index contributed by atoms with van der Waals surface area (Å²) in [6, 6.07) is 2.99. The van der Waals surface area contributed by atoms with Crippen molar-refractivity contribution >= 4 is 11.9 Å². The molecule has 1 atom stereocenters. The van der Waals surface area contributed by atoms with Crippen molar-refractivity contribution in [3.05, 3.63) is 24.2 Å². The van der Waals surface area contributed by atoms with Gasteiger partial charge >= 0.3 is 6.03 Å². The highest BCUT2D eigenvalue weighted by Gasteiger charge is 2.50. The highest BCUT2D eigenvalue weighted by molar-refractivity contribution is 6.06. The van der Waals surface area contributed by atoms with Gasteiger partial charge in [0.15, 0.2) is 5.54 Å². The fourth-order valence-electron chi connectivity index (χ4n) is 1.71. The van der Waals surface area contributed by atoms with Gasteiger partial charge in [0.05, 0.1) is 6.26 Å². The molecule has 0 aromatic carbocycles. The zero-order valence-electron chi connectivity index (χ0n) is 8.61. The Hall–Kier alpha value is -1.78. The molecule has 1 aliphatic rings. The Bertz CT molecular complexity index is 399. The van der Waals surface area contributed by atoms with Crippen LogP contribution in [0.2, 0.25) is 0 Å². The van der Waals surface area contributed by atoms with Crippen LogP contribution in [-0.2, 0) is 10.3 Å². The average molecular weight is 208 g/mol. The van der Waals surface area contributed by atoms with Gasteiger partial charge in [0.2, 0.25) is 0 Å². The van der Waals surface area contributed by atoms with E-state index in [1.807, 2.05) is 0 Å². The van der Waals surface area contributed by atoms with Crippen molar-refractivity contribution in [3.8, 4) is 0 Å². The molecule has 2 heterocycles. The van der Waals surface area contributed by atoms with E-state index < -0.39 is 5.54 Å². The van der Waals surface area contributed by atoms with Gasteiger partial charge in [-0.3, -0.25) is 9.69 Å². The number of amides is 3. The number of carbonyl (C=O) groups excluding carboxylic acids is 2. The minimum Gasteiger partial charge on any atom is -0.466 e. The van der Waals surface area contributed by atoms with E-state index in [1.54, 1.807) is 26.0 Å². The molecule has 2 rings (SSSR count). The van der Waals surface area contributed by atoms with Gasteiger partial charge in [0.1, 0.15) is 5.76 Å². The minimum atomic E-state index is -1.06. The lowest BCUT2D eigenvalue weighted by atomic mass is 9.99. The Morgan fingerprint density at radius 1 is 1.53 bits per heavy atom. The second-order valence-electron chi connectivity index (χ2n) is 3.58. The van der Waals surface area contributed by atoms with E-state index in [4.69, 9.17) is 4.42 Å². The summed E-state index contributed by atoms with van der Waals surface area (Å²) in [6.45, 7) is 3.76. The lowest BCUT2D eigenvalue weighted by Crippen LogP contribution is -2.40. The molecule has 0 saturated carbocycles. The summed E-state index contributed by atoms with van der Waals surface area (Å²) < 4.78 is 5.17. The maximum absolute atomic E-state index is 11.9. The third kappa shape index (κ3) is 1.23. The molecule has 80 valence electrons. The molecule has 0 radical (unpaired) electrons. The summed E-state index contributed by atoms with van der Waals surface area (Å²) in [7, 11) is 0. The van der Waals surface area contributed by atoms with Gasteiger partial charge in [0.25, 0.3) is 5.91 Å². The predicted octanol–water partition coefficient (Wildman–Crippen LogP) is 1.07. The number of furan rings is 1. The lowest BCUT2D eigenvalue weighted by Gasteiger charge is -2.18. The second kappa shape index (κ2) is 3.12. The van der Waals surface area contributed by atoms with Crippen molar-refractivity contribution in [2.75, 3.05) is 6.54 Å². The molecule has 0 bridgehead atoms. The number of hydrogen-bond donors (Lipinski definition) is 1. The van der Waals surface area contributed by atoms with Gasteiger partial charge in [-0.15, -0.1) is 0 Å². The Labute approximate surface area is 87.0 Å². The fraction of sp³-hybridized carbons (Fsp3) is 0.400. The van der Waals surface area contributed by atoms with Crippen LogP contribution >= 0.6 is 0 Å². The first-order chi connectivity index (χ1) is 7.09. The molecule has 5 heteroatoms. The predicted molar refractivity (Wildman–Crippen MR) is 52.0 cm³/mol.